The summed E-state index contributed by atoms with van der Waals surface area (Å²) in [4.78, 5) is 39.0. The predicted molar refractivity (Wildman–Crippen MR) is 122 cm³/mol. The number of hydrogen-bond acceptors (Lipinski definition) is 5. The first-order chi connectivity index (χ1) is 14.3. The molecule has 0 spiro atoms. The largest absolute Gasteiger partial charge is 0.493 e. The normalized spacial score (nSPS) is 15.4. The molecule has 0 unspecified atom stereocenters. The summed E-state index contributed by atoms with van der Waals surface area (Å²) >= 11 is 2.10. The van der Waals surface area contributed by atoms with Gasteiger partial charge in [-0.1, -0.05) is 12.1 Å². The van der Waals surface area contributed by atoms with Gasteiger partial charge in [-0.15, -0.1) is 0 Å². The summed E-state index contributed by atoms with van der Waals surface area (Å²) in [5.74, 6) is -0.342. The van der Waals surface area contributed by atoms with Crippen LogP contribution >= 0.6 is 22.6 Å². The van der Waals surface area contributed by atoms with Gasteiger partial charge in [0.15, 0.2) is 11.5 Å². The van der Waals surface area contributed by atoms with Crippen LogP contribution in [0.5, 0.6) is 11.5 Å². The van der Waals surface area contributed by atoms with Crippen molar-refractivity contribution >= 4 is 52.2 Å². The monoisotopic (exact) mass is 520 g/mol. The fraction of sp³-hybridized carbons (Fsp3) is 0.227. The number of amides is 4. The SMILES string of the molecule is CCOc1c(I)cc(/C=C2\C(=O)NC(=O)N(c3cc(C)ccc3C)C2=O)cc1OC. The molecule has 0 bridgehead atoms. The molecule has 3 rings (SSSR count). The Morgan fingerprint density at radius 3 is 2.53 bits per heavy atom. The Hall–Kier alpha value is -2.88. The lowest BCUT2D eigenvalue weighted by molar-refractivity contribution is -0.122. The second kappa shape index (κ2) is 8.86. The molecule has 4 amide bonds. The Labute approximate surface area is 188 Å². The molecule has 0 radical (unpaired) electrons. The van der Waals surface area contributed by atoms with E-state index in [0.29, 0.717) is 29.4 Å². The van der Waals surface area contributed by atoms with Gasteiger partial charge in [-0.3, -0.25) is 14.9 Å². The fourth-order valence-electron chi connectivity index (χ4n) is 3.11. The molecule has 0 atom stereocenters. The van der Waals surface area contributed by atoms with E-state index in [-0.39, 0.29) is 5.57 Å². The zero-order valence-electron chi connectivity index (χ0n) is 17.0. The minimum absolute atomic E-state index is 0.141. The van der Waals surface area contributed by atoms with E-state index in [1.54, 1.807) is 25.1 Å². The van der Waals surface area contributed by atoms with Crippen LogP contribution in [-0.2, 0) is 9.59 Å². The van der Waals surface area contributed by atoms with Crippen LogP contribution in [0.1, 0.15) is 23.6 Å². The average molecular weight is 520 g/mol. The van der Waals surface area contributed by atoms with E-state index in [1.807, 2.05) is 26.0 Å². The molecular formula is C22H21IN2O5. The van der Waals surface area contributed by atoms with Crippen LogP contribution in [0.25, 0.3) is 6.08 Å². The Kier molecular flexibility index (Phi) is 6.45. The van der Waals surface area contributed by atoms with Gasteiger partial charge in [-0.2, -0.15) is 0 Å². The van der Waals surface area contributed by atoms with Gasteiger partial charge in [0.2, 0.25) is 0 Å². The Bertz CT molecular complexity index is 1080. The van der Waals surface area contributed by atoms with Gasteiger partial charge in [0, 0.05) is 0 Å². The van der Waals surface area contributed by atoms with E-state index in [0.717, 1.165) is 19.6 Å². The molecule has 1 fully saturated rings. The van der Waals surface area contributed by atoms with E-state index in [1.165, 1.54) is 13.2 Å². The van der Waals surface area contributed by atoms with Crippen molar-refractivity contribution in [2.45, 2.75) is 20.8 Å². The van der Waals surface area contributed by atoms with Gasteiger partial charge >= 0.3 is 6.03 Å². The Morgan fingerprint density at radius 1 is 1.13 bits per heavy atom. The van der Waals surface area contributed by atoms with Gasteiger partial charge in [0.05, 0.1) is 23.0 Å². The molecule has 156 valence electrons. The number of rotatable bonds is 5. The van der Waals surface area contributed by atoms with Crippen LogP contribution in [0.3, 0.4) is 0 Å². The highest BCUT2D eigenvalue weighted by molar-refractivity contribution is 14.1. The standard InChI is InChI=1S/C22H21IN2O5/c1-5-30-19-16(23)10-14(11-18(19)29-4)9-15-20(26)24-22(28)25(21(15)27)17-8-12(2)6-7-13(17)3/h6-11H,5H2,1-4H3,(H,24,26,28)/b15-9+. The van der Waals surface area contributed by atoms with Crippen LogP contribution in [0, 0.1) is 17.4 Å². The van der Waals surface area contributed by atoms with Crippen molar-refractivity contribution in [1.82, 2.24) is 5.32 Å². The topological polar surface area (TPSA) is 84.9 Å². The number of nitrogens with zero attached hydrogens (tertiary/aromatic N) is 1. The van der Waals surface area contributed by atoms with E-state index in [9.17, 15) is 14.4 Å². The summed E-state index contributed by atoms with van der Waals surface area (Å²) < 4.78 is 11.8. The smallest absolute Gasteiger partial charge is 0.335 e. The van der Waals surface area contributed by atoms with Crippen molar-refractivity contribution in [2.75, 3.05) is 18.6 Å². The molecule has 7 nitrogen and oxygen atoms in total. The van der Waals surface area contributed by atoms with Gasteiger partial charge < -0.3 is 9.47 Å². The summed E-state index contributed by atoms with van der Waals surface area (Å²) in [5.41, 5.74) is 2.51. The molecule has 1 aliphatic heterocycles. The number of nitrogens with one attached hydrogen (secondary N) is 1. The lowest BCUT2D eigenvalue weighted by Gasteiger charge is -2.27. The third-order valence-electron chi connectivity index (χ3n) is 4.56. The van der Waals surface area contributed by atoms with E-state index in [4.69, 9.17) is 9.47 Å². The van der Waals surface area contributed by atoms with Gasteiger partial charge in [0.25, 0.3) is 11.8 Å². The predicted octanol–water partition coefficient (Wildman–Crippen LogP) is 3.98. The van der Waals surface area contributed by atoms with Crippen LogP contribution in [-0.4, -0.2) is 31.6 Å². The first-order valence-corrected chi connectivity index (χ1v) is 10.3. The Balaban J connectivity index is 2.07. The highest BCUT2D eigenvalue weighted by Gasteiger charge is 2.37. The average Bonchev–Trinajstić information content (AvgIpc) is 2.69. The summed E-state index contributed by atoms with van der Waals surface area (Å²) in [5, 5.41) is 2.25. The number of barbiturate groups is 1. The molecule has 0 aliphatic carbocycles. The molecule has 30 heavy (non-hydrogen) atoms. The zero-order chi connectivity index (χ0) is 22.0. The number of carbonyl (C=O) groups is 3. The molecule has 0 aromatic heterocycles. The van der Waals surface area contributed by atoms with Crippen molar-refractivity contribution in [1.29, 1.82) is 0 Å². The first-order valence-electron chi connectivity index (χ1n) is 9.25. The molecule has 0 saturated carbocycles. The number of ether oxygens (including phenoxy) is 2. The van der Waals surface area contributed by atoms with Gasteiger partial charge in [-0.05, 0) is 84.3 Å². The minimum Gasteiger partial charge on any atom is -0.493 e. The van der Waals surface area contributed by atoms with Crippen molar-refractivity contribution in [3.8, 4) is 11.5 Å². The minimum atomic E-state index is -0.769. The van der Waals surface area contributed by atoms with Crippen LogP contribution in [0.4, 0.5) is 10.5 Å². The maximum absolute atomic E-state index is 13.1. The number of urea groups is 1. The lowest BCUT2D eigenvalue weighted by atomic mass is 10.0. The van der Waals surface area contributed by atoms with E-state index in [2.05, 4.69) is 27.9 Å². The van der Waals surface area contributed by atoms with Gasteiger partial charge in [0.1, 0.15) is 5.57 Å². The lowest BCUT2D eigenvalue weighted by Crippen LogP contribution is -2.54. The highest BCUT2D eigenvalue weighted by Crippen LogP contribution is 2.35. The van der Waals surface area contributed by atoms with Crippen molar-refractivity contribution in [3.05, 3.63) is 56.2 Å². The van der Waals surface area contributed by atoms with Crippen LogP contribution in [0.2, 0.25) is 0 Å². The summed E-state index contributed by atoms with van der Waals surface area (Å²) in [6.07, 6.45) is 1.45. The number of hydrogen-bond donors (Lipinski definition) is 1. The number of methoxy groups -OCH3 is 1. The van der Waals surface area contributed by atoms with Crippen LogP contribution < -0.4 is 19.7 Å². The molecule has 1 saturated heterocycles. The second-order valence-electron chi connectivity index (χ2n) is 6.71. The van der Waals surface area contributed by atoms with Crippen molar-refractivity contribution in [3.63, 3.8) is 0 Å². The molecule has 8 heteroatoms. The first kappa shape index (κ1) is 21.8. The molecule has 1 heterocycles. The number of halogens is 1. The molecule has 1 N–H and O–H groups in total. The van der Waals surface area contributed by atoms with Crippen LogP contribution in [0.15, 0.2) is 35.9 Å². The third kappa shape index (κ3) is 4.18. The number of benzene rings is 2. The molecule has 2 aromatic rings. The second-order valence-corrected chi connectivity index (χ2v) is 7.88. The van der Waals surface area contributed by atoms with Crippen molar-refractivity contribution < 1.29 is 23.9 Å². The number of aryl methyl sites for hydroxylation is 2. The molecule has 1 aliphatic rings. The van der Waals surface area contributed by atoms with Crippen molar-refractivity contribution in [2.24, 2.45) is 0 Å². The maximum Gasteiger partial charge on any atom is 0.335 e. The number of imide groups is 2. The van der Waals surface area contributed by atoms with Gasteiger partial charge in [-0.25, -0.2) is 9.69 Å². The Morgan fingerprint density at radius 2 is 1.87 bits per heavy atom. The van der Waals surface area contributed by atoms with E-state index < -0.39 is 17.8 Å². The zero-order valence-corrected chi connectivity index (χ0v) is 19.2. The van der Waals surface area contributed by atoms with E-state index >= 15 is 0 Å². The molecular weight excluding hydrogens is 499 g/mol. The number of carbonyl (C=O) groups excluding carboxylic acids is 3. The molecule has 2 aromatic carbocycles. The quantitative estimate of drug-likeness (QED) is 0.367. The highest BCUT2D eigenvalue weighted by atomic mass is 127. The number of anilines is 1. The summed E-state index contributed by atoms with van der Waals surface area (Å²) in [6.45, 7) is 6.01. The summed E-state index contributed by atoms with van der Waals surface area (Å²) in [7, 11) is 1.52. The summed E-state index contributed by atoms with van der Waals surface area (Å²) in [6, 6.07) is 8.14. The third-order valence-corrected chi connectivity index (χ3v) is 5.36. The fourth-order valence-corrected chi connectivity index (χ4v) is 3.89. The maximum atomic E-state index is 13.1.